The van der Waals surface area contributed by atoms with Crippen molar-refractivity contribution in [3.63, 3.8) is 0 Å². The first-order valence-electron chi connectivity index (χ1n) is 8.94. The summed E-state index contributed by atoms with van der Waals surface area (Å²) >= 11 is 5.87. The highest BCUT2D eigenvalue weighted by molar-refractivity contribution is 6.30. The summed E-state index contributed by atoms with van der Waals surface area (Å²) in [6, 6.07) is 8.45. The number of carbonyl (C=O) groups is 2. The van der Waals surface area contributed by atoms with Crippen LogP contribution in [-0.4, -0.2) is 33.4 Å². The zero-order chi connectivity index (χ0) is 19.4. The number of carboxylic acid groups (broad SMARTS) is 1. The van der Waals surface area contributed by atoms with E-state index in [-0.39, 0.29) is 12.1 Å². The maximum Gasteiger partial charge on any atom is 0.323 e. The van der Waals surface area contributed by atoms with Gasteiger partial charge in [-0.05, 0) is 55.0 Å². The molecule has 2 aromatic rings. The summed E-state index contributed by atoms with van der Waals surface area (Å²) in [5.74, 6) is -1.72. The van der Waals surface area contributed by atoms with Crippen LogP contribution in [-0.2, 0) is 24.2 Å². The molecular weight excluding hydrogens is 368 g/mol. The van der Waals surface area contributed by atoms with Gasteiger partial charge in [0.15, 0.2) is 0 Å². The molecule has 1 heterocycles. The normalized spacial score (nSPS) is 13.5. The monoisotopic (exact) mass is 388 g/mol. The predicted molar refractivity (Wildman–Crippen MR) is 102 cm³/mol. The zero-order valence-electron chi connectivity index (χ0n) is 14.8. The molecular formula is C20H21ClN2O4. The van der Waals surface area contributed by atoms with Gasteiger partial charge in [0.1, 0.15) is 12.1 Å². The van der Waals surface area contributed by atoms with Crippen LogP contribution < -0.4 is 5.56 Å². The van der Waals surface area contributed by atoms with Crippen molar-refractivity contribution in [2.24, 2.45) is 0 Å². The van der Waals surface area contributed by atoms with Gasteiger partial charge >= 0.3 is 5.97 Å². The molecule has 0 aliphatic heterocycles. The highest BCUT2D eigenvalue weighted by Crippen LogP contribution is 2.19. The Hall–Kier alpha value is -2.60. The van der Waals surface area contributed by atoms with Gasteiger partial charge in [0.05, 0.1) is 0 Å². The second-order valence-electron chi connectivity index (χ2n) is 6.76. The molecule has 1 aliphatic carbocycles. The summed E-state index contributed by atoms with van der Waals surface area (Å²) in [5.41, 5.74) is 2.12. The molecule has 0 unspecified atom stereocenters. The molecule has 1 aliphatic rings. The Morgan fingerprint density at radius 1 is 1.11 bits per heavy atom. The van der Waals surface area contributed by atoms with E-state index < -0.39 is 24.0 Å². The number of pyridine rings is 1. The van der Waals surface area contributed by atoms with Crippen LogP contribution >= 0.6 is 11.6 Å². The third-order valence-electron chi connectivity index (χ3n) is 4.72. The first-order valence-corrected chi connectivity index (χ1v) is 9.32. The molecule has 142 valence electrons. The summed E-state index contributed by atoms with van der Waals surface area (Å²) in [6.45, 7) is -0.406. The maximum absolute atomic E-state index is 13.0. The number of halogens is 1. The Balaban J connectivity index is 1.91. The van der Waals surface area contributed by atoms with Crippen molar-refractivity contribution in [1.29, 1.82) is 0 Å². The van der Waals surface area contributed by atoms with Crippen molar-refractivity contribution in [3.05, 3.63) is 68.1 Å². The van der Waals surface area contributed by atoms with Crippen molar-refractivity contribution in [1.82, 2.24) is 9.88 Å². The fourth-order valence-corrected chi connectivity index (χ4v) is 3.48. The molecule has 1 amide bonds. The summed E-state index contributed by atoms with van der Waals surface area (Å²) in [4.78, 5) is 40.7. The Morgan fingerprint density at radius 2 is 1.81 bits per heavy atom. The Bertz CT molecular complexity index is 905. The number of hydrogen-bond acceptors (Lipinski definition) is 3. The molecule has 0 saturated heterocycles. The van der Waals surface area contributed by atoms with Crippen molar-refractivity contribution in [3.8, 4) is 0 Å². The number of nitrogens with zero attached hydrogens (tertiary/aromatic N) is 1. The average Bonchev–Trinajstić information content (AvgIpc) is 2.86. The molecule has 1 aromatic carbocycles. The molecule has 1 aromatic heterocycles. The molecule has 0 fully saturated rings. The van der Waals surface area contributed by atoms with E-state index in [9.17, 15) is 19.5 Å². The minimum absolute atomic E-state index is 0.00846. The molecule has 0 bridgehead atoms. The van der Waals surface area contributed by atoms with Crippen LogP contribution in [0.15, 0.2) is 35.1 Å². The van der Waals surface area contributed by atoms with Gasteiger partial charge < -0.3 is 15.0 Å². The number of aryl methyl sites for hydroxylation is 2. The number of rotatable bonds is 5. The number of hydrogen-bond donors (Lipinski definition) is 2. The molecule has 0 saturated carbocycles. The third-order valence-corrected chi connectivity index (χ3v) is 4.97. The van der Waals surface area contributed by atoms with E-state index in [0.29, 0.717) is 5.02 Å². The number of carboxylic acids is 1. The molecule has 6 nitrogen and oxygen atoms in total. The van der Waals surface area contributed by atoms with Crippen LogP contribution in [0.25, 0.3) is 0 Å². The summed E-state index contributed by atoms with van der Waals surface area (Å²) < 4.78 is 0. The zero-order valence-corrected chi connectivity index (χ0v) is 15.6. The van der Waals surface area contributed by atoms with Gasteiger partial charge in [-0.1, -0.05) is 30.2 Å². The van der Waals surface area contributed by atoms with Crippen molar-refractivity contribution >= 4 is 23.5 Å². The van der Waals surface area contributed by atoms with E-state index >= 15 is 0 Å². The lowest BCUT2D eigenvalue weighted by Crippen LogP contribution is -2.38. The molecule has 0 atom stereocenters. The van der Waals surface area contributed by atoms with Gasteiger partial charge in [-0.3, -0.25) is 14.4 Å². The fourth-order valence-electron chi connectivity index (χ4n) is 3.35. The summed E-state index contributed by atoms with van der Waals surface area (Å²) in [5, 5.41) is 9.75. The second-order valence-corrected chi connectivity index (χ2v) is 7.19. The lowest BCUT2D eigenvalue weighted by molar-refractivity contribution is -0.137. The van der Waals surface area contributed by atoms with Gasteiger partial charge in [0.2, 0.25) is 0 Å². The Morgan fingerprint density at radius 3 is 2.52 bits per heavy atom. The smallest absolute Gasteiger partial charge is 0.323 e. The topological polar surface area (TPSA) is 90.5 Å². The van der Waals surface area contributed by atoms with Gasteiger partial charge in [-0.15, -0.1) is 0 Å². The number of fused-ring (bicyclic) bond motifs is 1. The molecule has 27 heavy (non-hydrogen) atoms. The lowest BCUT2D eigenvalue weighted by atomic mass is 10.1. The van der Waals surface area contributed by atoms with Crippen LogP contribution in [0.1, 0.15) is 46.4 Å². The van der Waals surface area contributed by atoms with Crippen LogP contribution in [0.5, 0.6) is 0 Å². The largest absolute Gasteiger partial charge is 0.480 e. The number of H-pyrrole nitrogens is 1. The first kappa shape index (κ1) is 19.2. The van der Waals surface area contributed by atoms with E-state index in [4.69, 9.17) is 11.6 Å². The van der Waals surface area contributed by atoms with E-state index in [0.717, 1.165) is 48.9 Å². The minimum atomic E-state index is -1.14. The number of aromatic nitrogens is 1. The fraction of sp³-hybridized carbons (Fsp3) is 0.350. The SMILES string of the molecule is O=C(O)CN(Cc1ccc(Cl)cc1)C(=O)c1cc2c([nH]c1=O)CCCCC2. The van der Waals surface area contributed by atoms with Crippen molar-refractivity contribution in [2.45, 2.75) is 38.6 Å². The Labute approximate surface area is 161 Å². The number of amides is 1. The van der Waals surface area contributed by atoms with Gasteiger partial charge in [-0.2, -0.15) is 0 Å². The molecule has 0 radical (unpaired) electrons. The van der Waals surface area contributed by atoms with E-state index in [2.05, 4.69) is 4.98 Å². The maximum atomic E-state index is 13.0. The van der Waals surface area contributed by atoms with Gasteiger partial charge in [0, 0.05) is 17.3 Å². The first-order chi connectivity index (χ1) is 12.9. The average molecular weight is 389 g/mol. The summed E-state index contributed by atoms with van der Waals surface area (Å²) in [7, 11) is 0. The quantitative estimate of drug-likeness (QED) is 0.770. The highest BCUT2D eigenvalue weighted by atomic mass is 35.5. The molecule has 7 heteroatoms. The number of aliphatic carboxylic acids is 1. The van der Waals surface area contributed by atoms with Gasteiger partial charge in [0.25, 0.3) is 11.5 Å². The molecule has 0 spiro atoms. The standard InChI is InChI=1S/C20H21ClN2O4/c21-15-8-6-13(7-9-15)11-23(12-18(24)25)20(27)16-10-14-4-2-1-3-5-17(14)22-19(16)26/h6-10H,1-5,11-12H2,(H,22,26)(H,24,25). The lowest BCUT2D eigenvalue weighted by Gasteiger charge is -2.21. The number of carbonyl (C=O) groups excluding carboxylic acids is 1. The number of aromatic amines is 1. The second kappa shape index (κ2) is 8.39. The van der Waals surface area contributed by atoms with Gasteiger partial charge in [-0.25, -0.2) is 0 Å². The highest BCUT2D eigenvalue weighted by Gasteiger charge is 2.23. The van der Waals surface area contributed by atoms with Crippen LogP contribution in [0.2, 0.25) is 5.02 Å². The van der Waals surface area contributed by atoms with Crippen LogP contribution in [0.3, 0.4) is 0 Å². The number of nitrogens with one attached hydrogen (secondary N) is 1. The third kappa shape index (κ3) is 4.77. The summed E-state index contributed by atoms with van der Waals surface area (Å²) in [6.07, 6.45) is 4.71. The van der Waals surface area contributed by atoms with E-state index in [1.54, 1.807) is 30.3 Å². The molecule has 2 N–H and O–H groups in total. The minimum Gasteiger partial charge on any atom is -0.480 e. The van der Waals surface area contributed by atoms with Crippen molar-refractivity contribution < 1.29 is 14.7 Å². The van der Waals surface area contributed by atoms with Crippen LogP contribution in [0.4, 0.5) is 0 Å². The number of benzene rings is 1. The van der Waals surface area contributed by atoms with E-state index in [1.807, 2.05) is 0 Å². The molecule has 3 rings (SSSR count). The Kier molecular flexibility index (Phi) is 5.96. The van der Waals surface area contributed by atoms with E-state index in [1.165, 1.54) is 4.90 Å². The predicted octanol–water partition coefficient (Wildman–Crippen LogP) is 3.02. The van der Waals surface area contributed by atoms with Crippen LogP contribution in [0, 0.1) is 0 Å². The van der Waals surface area contributed by atoms with Crippen molar-refractivity contribution in [2.75, 3.05) is 6.54 Å².